The molecule has 0 aliphatic rings. The van der Waals surface area contributed by atoms with Gasteiger partial charge in [0.2, 0.25) is 0 Å². The van der Waals surface area contributed by atoms with E-state index in [1.54, 1.807) is 24.3 Å². The molecule has 0 radical (unpaired) electrons. The normalized spacial score (nSPS) is 12.4. The van der Waals surface area contributed by atoms with E-state index < -0.39 is 6.10 Å². The highest BCUT2D eigenvalue weighted by Gasteiger charge is 2.15. The fourth-order valence-electron chi connectivity index (χ4n) is 1.76. The summed E-state index contributed by atoms with van der Waals surface area (Å²) in [4.78, 5) is 0. The van der Waals surface area contributed by atoms with E-state index in [1.807, 2.05) is 18.2 Å². The average Bonchev–Trinajstić information content (AvgIpc) is 2.35. The van der Waals surface area contributed by atoms with Crippen molar-refractivity contribution in [1.82, 2.24) is 0 Å². The molecule has 1 nitrogen and oxygen atoms in total. The third-order valence-corrected chi connectivity index (χ3v) is 3.91. The molecule has 0 spiro atoms. The van der Waals surface area contributed by atoms with Crippen molar-refractivity contribution in [3.63, 3.8) is 0 Å². The number of aliphatic hydroxyl groups is 1. The van der Waals surface area contributed by atoms with E-state index in [0.717, 1.165) is 5.56 Å². The van der Waals surface area contributed by atoms with Crippen molar-refractivity contribution in [2.75, 3.05) is 0 Å². The zero-order chi connectivity index (χ0) is 13.1. The number of benzene rings is 2. The number of rotatable bonds is 3. The van der Waals surface area contributed by atoms with Gasteiger partial charge in [-0.2, -0.15) is 0 Å². The second kappa shape index (κ2) is 5.94. The lowest BCUT2D eigenvalue weighted by atomic mass is 10.0. The van der Waals surface area contributed by atoms with Crippen LogP contribution in [0, 0.1) is 0 Å². The minimum atomic E-state index is -0.726. The number of hydrogen-bond donors (Lipinski definition) is 1. The Kier molecular flexibility index (Phi) is 4.52. The Hall–Kier alpha value is -0.730. The summed E-state index contributed by atoms with van der Waals surface area (Å²) in [6.45, 7) is 0. The van der Waals surface area contributed by atoms with Crippen molar-refractivity contribution in [3.05, 3.63) is 68.7 Å². The van der Waals surface area contributed by atoms with E-state index in [-0.39, 0.29) is 0 Å². The lowest BCUT2D eigenvalue weighted by Gasteiger charge is -2.14. The zero-order valence-electron chi connectivity index (χ0n) is 9.41. The Morgan fingerprint density at radius 1 is 0.889 bits per heavy atom. The van der Waals surface area contributed by atoms with Crippen LogP contribution >= 0.6 is 34.8 Å². The van der Waals surface area contributed by atoms with Gasteiger partial charge in [-0.1, -0.05) is 65.1 Å². The van der Waals surface area contributed by atoms with Crippen LogP contribution < -0.4 is 0 Å². The predicted octanol–water partition coefficient (Wildman–Crippen LogP) is 4.92. The Balaban J connectivity index is 2.25. The van der Waals surface area contributed by atoms with Gasteiger partial charge in [0.1, 0.15) is 0 Å². The first-order chi connectivity index (χ1) is 8.59. The van der Waals surface area contributed by atoms with Crippen molar-refractivity contribution >= 4 is 34.8 Å². The molecule has 1 N–H and O–H groups in total. The molecule has 2 aromatic carbocycles. The minimum Gasteiger partial charge on any atom is -0.388 e. The smallest absolute Gasteiger partial charge is 0.0845 e. The van der Waals surface area contributed by atoms with Crippen molar-refractivity contribution in [2.45, 2.75) is 12.5 Å². The highest BCUT2D eigenvalue weighted by atomic mass is 35.5. The van der Waals surface area contributed by atoms with Gasteiger partial charge in [0.25, 0.3) is 0 Å². The molecule has 0 saturated carbocycles. The molecule has 18 heavy (non-hydrogen) atoms. The van der Waals surface area contributed by atoms with E-state index in [0.29, 0.717) is 27.1 Å². The van der Waals surface area contributed by atoms with Crippen LogP contribution in [0.15, 0.2) is 42.5 Å². The summed E-state index contributed by atoms with van der Waals surface area (Å²) < 4.78 is 0. The standard InChI is InChI=1S/C14H11Cl3O/c15-11-6-2-1-4-9(11)8-13(18)10-5-3-7-12(16)14(10)17/h1-7,13,18H,8H2. The second-order valence-electron chi connectivity index (χ2n) is 3.95. The van der Waals surface area contributed by atoms with Crippen LogP contribution in [0.2, 0.25) is 15.1 Å². The third-order valence-electron chi connectivity index (χ3n) is 2.71. The maximum atomic E-state index is 10.2. The SMILES string of the molecule is OC(Cc1ccccc1Cl)c1cccc(Cl)c1Cl. The van der Waals surface area contributed by atoms with Crippen molar-refractivity contribution in [2.24, 2.45) is 0 Å². The maximum absolute atomic E-state index is 10.2. The van der Waals surface area contributed by atoms with Gasteiger partial charge >= 0.3 is 0 Å². The van der Waals surface area contributed by atoms with E-state index in [4.69, 9.17) is 34.8 Å². The zero-order valence-corrected chi connectivity index (χ0v) is 11.7. The van der Waals surface area contributed by atoms with Gasteiger partial charge in [-0.3, -0.25) is 0 Å². The first kappa shape index (κ1) is 13.7. The highest BCUT2D eigenvalue weighted by Crippen LogP contribution is 2.32. The van der Waals surface area contributed by atoms with Crippen LogP contribution in [0.5, 0.6) is 0 Å². The summed E-state index contributed by atoms with van der Waals surface area (Å²) in [6, 6.07) is 12.6. The number of aliphatic hydroxyl groups excluding tert-OH is 1. The molecule has 0 bridgehead atoms. The van der Waals surface area contributed by atoms with Crippen molar-refractivity contribution in [3.8, 4) is 0 Å². The molecule has 94 valence electrons. The topological polar surface area (TPSA) is 20.2 Å². The fraction of sp³-hybridized carbons (Fsp3) is 0.143. The first-order valence-corrected chi connectivity index (χ1v) is 6.58. The largest absolute Gasteiger partial charge is 0.388 e. The summed E-state index contributed by atoms with van der Waals surface area (Å²) in [5.74, 6) is 0. The number of hydrogen-bond acceptors (Lipinski definition) is 1. The molecular formula is C14H11Cl3O. The molecule has 1 unspecified atom stereocenters. The van der Waals surface area contributed by atoms with E-state index in [1.165, 1.54) is 0 Å². The van der Waals surface area contributed by atoms with Crippen LogP contribution in [0.4, 0.5) is 0 Å². The molecule has 2 rings (SSSR count). The molecule has 0 amide bonds. The summed E-state index contributed by atoms with van der Waals surface area (Å²) in [5.41, 5.74) is 1.49. The predicted molar refractivity (Wildman–Crippen MR) is 76.6 cm³/mol. The summed E-state index contributed by atoms with van der Waals surface area (Å²) in [6.07, 6.45) is -0.323. The third kappa shape index (κ3) is 2.99. The van der Waals surface area contributed by atoms with Gasteiger partial charge in [0.05, 0.1) is 16.1 Å². The van der Waals surface area contributed by atoms with Crippen LogP contribution in [-0.2, 0) is 6.42 Å². The monoisotopic (exact) mass is 300 g/mol. The van der Waals surface area contributed by atoms with Crippen LogP contribution in [0.25, 0.3) is 0 Å². The van der Waals surface area contributed by atoms with Gasteiger partial charge in [0, 0.05) is 17.0 Å². The molecule has 0 heterocycles. The maximum Gasteiger partial charge on any atom is 0.0845 e. The van der Waals surface area contributed by atoms with Gasteiger partial charge in [0.15, 0.2) is 0 Å². The fourth-order valence-corrected chi connectivity index (χ4v) is 2.41. The molecule has 0 aromatic heterocycles. The van der Waals surface area contributed by atoms with Gasteiger partial charge in [-0.15, -0.1) is 0 Å². The van der Waals surface area contributed by atoms with E-state index in [2.05, 4.69) is 0 Å². The van der Waals surface area contributed by atoms with Gasteiger partial charge < -0.3 is 5.11 Å². The molecule has 0 fully saturated rings. The summed E-state index contributed by atoms with van der Waals surface area (Å²) >= 11 is 18.0. The van der Waals surface area contributed by atoms with E-state index >= 15 is 0 Å². The molecule has 0 aliphatic carbocycles. The molecule has 0 aliphatic heterocycles. The summed E-state index contributed by atoms with van der Waals surface area (Å²) in [5, 5.41) is 11.7. The highest BCUT2D eigenvalue weighted by molar-refractivity contribution is 6.42. The Morgan fingerprint density at radius 2 is 1.56 bits per heavy atom. The van der Waals surface area contributed by atoms with Gasteiger partial charge in [-0.05, 0) is 17.7 Å². The van der Waals surface area contributed by atoms with E-state index in [9.17, 15) is 5.11 Å². The van der Waals surface area contributed by atoms with Crippen molar-refractivity contribution < 1.29 is 5.11 Å². The lowest BCUT2D eigenvalue weighted by Crippen LogP contribution is -2.03. The molecule has 4 heteroatoms. The van der Waals surface area contributed by atoms with Crippen molar-refractivity contribution in [1.29, 1.82) is 0 Å². The summed E-state index contributed by atoms with van der Waals surface area (Å²) in [7, 11) is 0. The van der Waals surface area contributed by atoms with Crippen LogP contribution in [0.1, 0.15) is 17.2 Å². The van der Waals surface area contributed by atoms with Crippen LogP contribution in [0.3, 0.4) is 0 Å². The molecule has 1 atom stereocenters. The number of halogens is 3. The Morgan fingerprint density at radius 3 is 2.28 bits per heavy atom. The minimum absolute atomic E-state index is 0.388. The van der Waals surface area contributed by atoms with Gasteiger partial charge in [-0.25, -0.2) is 0 Å². The molecular weight excluding hydrogens is 291 g/mol. The molecule has 0 saturated heterocycles. The Labute approximate surface area is 121 Å². The average molecular weight is 302 g/mol. The first-order valence-electron chi connectivity index (χ1n) is 5.45. The quantitative estimate of drug-likeness (QED) is 0.853. The second-order valence-corrected chi connectivity index (χ2v) is 5.15. The van der Waals surface area contributed by atoms with Crippen LogP contribution in [-0.4, -0.2) is 5.11 Å². The lowest BCUT2D eigenvalue weighted by molar-refractivity contribution is 0.178. The Bertz CT molecular complexity index is 554. The molecule has 2 aromatic rings.